The topological polar surface area (TPSA) is 51.2 Å². The summed E-state index contributed by atoms with van der Waals surface area (Å²) in [4.78, 5) is 20.2. The van der Waals surface area contributed by atoms with E-state index >= 15 is 0 Å². The van der Waals surface area contributed by atoms with Gasteiger partial charge in [-0.1, -0.05) is 41.9 Å². The van der Waals surface area contributed by atoms with Crippen molar-refractivity contribution in [3.8, 4) is 5.88 Å². The normalized spacial score (nSPS) is 17.5. The molecule has 1 aromatic carbocycles. The number of aromatic nitrogens is 1. The zero-order chi connectivity index (χ0) is 14.7. The van der Waals surface area contributed by atoms with Crippen molar-refractivity contribution in [2.24, 2.45) is 0 Å². The molecule has 0 aliphatic carbocycles. The Hall–Kier alpha value is -1.91. The number of benzene rings is 1. The number of fused-ring (bicyclic) bond motifs is 1. The summed E-state index contributed by atoms with van der Waals surface area (Å²) in [5.41, 5.74) is 6.22. The van der Waals surface area contributed by atoms with Crippen LogP contribution in [-0.4, -0.2) is 17.8 Å². The number of hydroxylamine groups is 1. The van der Waals surface area contributed by atoms with Crippen LogP contribution in [0.5, 0.6) is 5.88 Å². The van der Waals surface area contributed by atoms with Gasteiger partial charge in [-0.25, -0.2) is 0 Å². The Bertz CT molecular complexity index is 643. The average molecular weight is 303 g/mol. The van der Waals surface area contributed by atoms with E-state index in [-0.39, 0.29) is 0 Å². The Morgan fingerprint density at radius 1 is 1.29 bits per heavy atom. The molecule has 0 saturated heterocycles. The van der Waals surface area contributed by atoms with Crippen LogP contribution in [0.25, 0.3) is 0 Å². The summed E-state index contributed by atoms with van der Waals surface area (Å²) in [5.74, 6) is 0.835. The van der Waals surface area contributed by atoms with Gasteiger partial charge in [-0.3, -0.25) is 0 Å². The van der Waals surface area contributed by atoms with Crippen LogP contribution in [0.2, 0.25) is 5.15 Å². The highest BCUT2D eigenvalue weighted by Crippen LogP contribution is 2.28. The van der Waals surface area contributed by atoms with Gasteiger partial charge in [0.2, 0.25) is 5.88 Å². The lowest BCUT2D eigenvalue weighted by Gasteiger charge is -2.14. The number of aldehydes is 1. The van der Waals surface area contributed by atoms with Gasteiger partial charge in [-0.05, 0) is 23.6 Å². The van der Waals surface area contributed by atoms with E-state index in [2.05, 4.69) is 22.6 Å². The first-order valence-corrected chi connectivity index (χ1v) is 7.21. The fourth-order valence-electron chi connectivity index (χ4n) is 2.50. The standard InChI is InChI=1S/C16H15ClN2O2/c17-15-6-5-13-9-14(10-18-21-16(13)19-15)12-3-1-11(2-4-12)7-8-20/h1-6,8,14,18H,7,9-10H2/t14-/m0/s1. The van der Waals surface area contributed by atoms with Crippen molar-refractivity contribution in [3.05, 3.63) is 58.2 Å². The van der Waals surface area contributed by atoms with Crippen LogP contribution in [0.15, 0.2) is 36.4 Å². The minimum Gasteiger partial charge on any atom is -0.388 e. The van der Waals surface area contributed by atoms with Crippen LogP contribution < -0.4 is 10.3 Å². The third kappa shape index (κ3) is 3.23. The maximum atomic E-state index is 10.5. The minimum atomic E-state index is 0.291. The number of hydrogen-bond acceptors (Lipinski definition) is 4. The Balaban J connectivity index is 1.82. The van der Waals surface area contributed by atoms with Gasteiger partial charge in [-0.2, -0.15) is 10.5 Å². The number of rotatable bonds is 3. The van der Waals surface area contributed by atoms with Crippen molar-refractivity contribution < 1.29 is 9.63 Å². The lowest BCUT2D eigenvalue weighted by molar-refractivity contribution is -0.107. The van der Waals surface area contributed by atoms with Gasteiger partial charge in [0.05, 0.1) is 0 Å². The molecule has 1 aliphatic heterocycles. The molecule has 1 aliphatic rings. The van der Waals surface area contributed by atoms with E-state index in [4.69, 9.17) is 16.4 Å². The van der Waals surface area contributed by atoms with Gasteiger partial charge in [0.1, 0.15) is 11.4 Å². The van der Waals surface area contributed by atoms with Crippen molar-refractivity contribution in [2.75, 3.05) is 6.54 Å². The number of halogens is 1. The minimum absolute atomic E-state index is 0.291. The zero-order valence-electron chi connectivity index (χ0n) is 11.4. The van der Waals surface area contributed by atoms with E-state index in [1.54, 1.807) is 6.07 Å². The van der Waals surface area contributed by atoms with Crippen LogP contribution in [0.3, 0.4) is 0 Å². The summed E-state index contributed by atoms with van der Waals surface area (Å²) in [6, 6.07) is 11.9. The smallest absolute Gasteiger partial charge is 0.242 e. The van der Waals surface area contributed by atoms with Crippen LogP contribution >= 0.6 is 11.6 Å². The Morgan fingerprint density at radius 2 is 2.10 bits per heavy atom. The molecule has 108 valence electrons. The van der Waals surface area contributed by atoms with Gasteiger partial charge in [-0.15, -0.1) is 0 Å². The molecule has 1 atom stereocenters. The summed E-state index contributed by atoms with van der Waals surface area (Å²) in [5, 5.41) is 0.423. The van der Waals surface area contributed by atoms with Gasteiger partial charge in [0.25, 0.3) is 0 Å². The molecular formula is C16H15ClN2O2. The second-order valence-electron chi connectivity index (χ2n) is 5.06. The molecule has 0 unspecified atom stereocenters. The highest BCUT2D eigenvalue weighted by Gasteiger charge is 2.20. The first kappa shape index (κ1) is 14.0. The maximum Gasteiger partial charge on any atom is 0.242 e. The van der Waals surface area contributed by atoms with E-state index in [0.29, 0.717) is 29.9 Å². The molecule has 0 bridgehead atoms. The summed E-state index contributed by atoms with van der Waals surface area (Å²) in [7, 11) is 0. The number of carbonyl (C=O) groups is 1. The molecule has 1 aromatic heterocycles. The first-order valence-electron chi connectivity index (χ1n) is 6.84. The van der Waals surface area contributed by atoms with Crippen molar-refractivity contribution in [1.82, 2.24) is 10.5 Å². The van der Waals surface area contributed by atoms with E-state index in [1.807, 2.05) is 18.2 Å². The van der Waals surface area contributed by atoms with Crippen molar-refractivity contribution >= 4 is 17.9 Å². The van der Waals surface area contributed by atoms with E-state index in [0.717, 1.165) is 23.8 Å². The van der Waals surface area contributed by atoms with Crippen molar-refractivity contribution in [1.29, 1.82) is 0 Å². The lowest BCUT2D eigenvalue weighted by Crippen LogP contribution is -2.23. The predicted molar refractivity (Wildman–Crippen MR) is 80.5 cm³/mol. The Morgan fingerprint density at radius 3 is 2.86 bits per heavy atom. The highest BCUT2D eigenvalue weighted by molar-refractivity contribution is 6.29. The van der Waals surface area contributed by atoms with E-state index in [9.17, 15) is 4.79 Å². The lowest BCUT2D eigenvalue weighted by atomic mass is 9.92. The van der Waals surface area contributed by atoms with Crippen LogP contribution in [0.4, 0.5) is 0 Å². The monoisotopic (exact) mass is 302 g/mol. The summed E-state index contributed by atoms with van der Waals surface area (Å²) in [6.45, 7) is 0.695. The largest absolute Gasteiger partial charge is 0.388 e. The van der Waals surface area contributed by atoms with Gasteiger partial charge in [0.15, 0.2) is 0 Å². The number of carbonyl (C=O) groups excluding carboxylic acids is 1. The molecule has 4 nitrogen and oxygen atoms in total. The van der Waals surface area contributed by atoms with Crippen molar-refractivity contribution in [3.63, 3.8) is 0 Å². The molecule has 5 heteroatoms. The molecule has 0 amide bonds. The number of pyridine rings is 1. The second kappa shape index (κ2) is 6.24. The number of nitrogens with one attached hydrogen (secondary N) is 1. The molecule has 2 aromatic rings. The molecule has 21 heavy (non-hydrogen) atoms. The first-order chi connectivity index (χ1) is 10.3. The van der Waals surface area contributed by atoms with E-state index in [1.165, 1.54) is 5.56 Å². The quantitative estimate of drug-likeness (QED) is 0.699. The molecule has 0 fully saturated rings. The molecule has 0 radical (unpaired) electrons. The van der Waals surface area contributed by atoms with Crippen LogP contribution in [0, 0.1) is 0 Å². The van der Waals surface area contributed by atoms with Gasteiger partial charge < -0.3 is 9.63 Å². The predicted octanol–water partition coefficient (Wildman–Crippen LogP) is 2.70. The number of hydrogen-bond donors (Lipinski definition) is 1. The van der Waals surface area contributed by atoms with Crippen LogP contribution in [-0.2, 0) is 17.6 Å². The van der Waals surface area contributed by atoms with Crippen molar-refractivity contribution in [2.45, 2.75) is 18.8 Å². The number of nitrogens with zero attached hydrogens (tertiary/aromatic N) is 1. The second-order valence-corrected chi connectivity index (χ2v) is 5.45. The van der Waals surface area contributed by atoms with Gasteiger partial charge in [0, 0.05) is 24.4 Å². The Kier molecular flexibility index (Phi) is 4.18. The fourth-order valence-corrected chi connectivity index (χ4v) is 2.64. The highest BCUT2D eigenvalue weighted by atomic mass is 35.5. The third-order valence-electron chi connectivity index (χ3n) is 3.64. The maximum absolute atomic E-state index is 10.5. The fraction of sp³-hybridized carbons (Fsp3) is 0.250. The zero-order valence-corrected chi connectivity index (χ0v) is 12.1. The summed E-state index contributed by atoms with van der Waals surface area (Å²) in [6.07, 6.45) is 2.21. The third-order valence-corrected chi connectivity index (χ3v) is 3.85. The van der Waals surface area contributed by atoms with Crippen LogP contribution in [0.1, 0.15) is 22.6 Å². The summed E-state index contributed by atoms with van der Waals surface area (Å²) < 4.78 is 0. The molecule has 2 heterocycles. The molecule has 0 spiro atoms. The molecule has 0 saturated carbocycles. The van der Waals surface area contributed by atoms with E-state index < -0.39 is 0 Å². The SMILES string of the molecule is O=CCc1ccc([C@@H]2CNOc3nc(Cl)ccc3C2)cc1. The molecular weight excluding hydrogens is 288 g/mol. The molecule has 1 N–H and O–H groups in total. The van der Waals surface area contributed by atoms with Gasteiger partial charge >= 0.3 is 0 Å². The molecule has 3 rings (SSSR count). The summed E-state index contributed by atoms with van der Waals surface area (Å²) >= 11 is 5.88. The average Bonchev–Trinajstić information content (AvgIpc) is 2.70. The Labute approximate surface area is 128 Å².